The highest BCUT2D eigenvalue weighted by atomic mass is 16.5. The van der Waals surface area contributed by atoms with E-state index >= 15 is 0 Å². The minimum Gasteiger partial charge on any atom is -0.481 e. The van der Waals surface area contributed by atoms with E-state index in [1.54, 1.807) is 20.2 Å². The number of nitrogens with one attached hydrogen (secondary N) is 2. The van der Waals surface area contributed by atoms with Crippen LogP contribution in [0.3, 0.4) is 0 Å². The fourth-order valence-electron chi connectivity index (χ4n) is 2.98. The molecule has 2 aromatic rings. The van der Waals surface area contributed by atoms with Crippen molar-refractivity contribution in [3.8, 4) is 28.8 Å². The lowest BCUT2D eigenvalue weighted by Crippen LogP contribution is -2.58. The number of nitrogens with zero attached hydrogens (tertiary/aromatic N) is 2. The topological polar surface area (TPSA) is 78.3 Å². The Labute approximate surface area is 159 Å². The maximum atomic E-state index is 12.2. The summed E-state index contributed by atoms with van der Waals surface area (Å²) in [4.78, 5) is 18.0. The summed E-state index contributed by atoms with van der Waals surface area (Å²) in [6, 6.07) is 11.5. The van der Waals surface area contributed by atoms with Crippen LogP contribution >= 0.6 is 0 Å². The van der Waals surface area contributed by atoms with E-state index in [0.29, 0.717) is 6.61 Å². The SMILES string of the molecule is CC#CCOc1cccc(-c2cc([C@]3(C)CC(=O)N(C)C(=N)N3)ccn2)c1. The first-order chi connectivity index (χ1) is 12.9. The third-order valence-corrected chi connectivity index (χ3v) is 4.62. The number of ether oxygens (including phenoxy) is 1. The monoisotopic (exact) mass is 362 g/mol. The maximum absolute atomic E-state index is 12.2. The molecule has 2 heterocycles. The van der Waals surface area contributed by atoms with Gasteiger partial charge in [-0.05, 0) is 43.7 Å². The number of hydrogen-bond acceptors (Lipinski definition) is 4. The van der Waals surface area contributed by atoms with Gasteiger partial charge in [-0.1, -0.05) is 18.1 Å². The summed E-state index contributed by atoms with van der Waals surface area (Å²) in [7, 11) is 1.60. The molecule has 27 heavy (non-hydrogen) atoms. The summed E-state index contributed by atoms with van der Waals surface area (Å²) in [5.74, 6) is 6.40. The zero-order valence-corrected chi connectivity index (χ0v) is 15.7. The van der Waals surface area contributed by atoms with Gasteiger partial charge in [-0.15, -0.1) is 5.92 Å². The lowest BCUT2D eigenvalue weighted by atomic mass is 9.86. The van der Waals surface area contributed by atoms with E-state index in [-0.39, 0.29) is 18.3 Å². The molecule has 0 saturated carbocycles. The normalized spacial score (nSPS) is 19.1. The molecule has 1 aromatic heterocycles. The van der Waals surface area contributed by atoms with Crippen LogP contribution in [-0.4, -0.2) is 35.4 Å². The van der Waals surface area contributed by atoms with E-state index in [1.807, 2.05) is 43.3 Å². The van der Waals surface area contributed by atoms with E-state index in [4.69, 9.17) is 10.1 Å². The summed E-state index contributed by atoms with van der Waals surface area (Å²) in [6.07, 6.45) is 1.99. The highest BCUT2D eigenvalue weighted by Crippen LogP contribution is 2.31. The van der Waals surface area contributed by atoms with E-state index in [2.05, 4.69) is 22.1 Å². The Bertz CT molecular complexity index is 924. The molecule has 1 aliphatic heterocycles. The average Bonchev–Trinajstić information content (AvgIpc) is 2.67. The Morgan fingerprint density at radius 3 is 2.93 bits per heavy atom. The molecule has 0 spiro atoms. The van der Waals surface area contributed by atoms with E-state index in [1.165, 1.54) is 4.90 Å². The largest absolute Gasteiger partial charge is 0.481 e. The first-order valence-electron chi connectivity index (χ1n) is 8.65. The second-order valence-corrected chi connectivity index (χ2v) is 6.61. The van der Waals surface area contributed by atoms with Crippen molar-refractivity contribution in [2.75, 3.05) is 13.7 Å². The zero-order valence-electron chi connectivity index (χ0n) is 15.7. The Kier molecular flexibility index (Phi) is 5.13. The van der Waals surface area contributed by atoms with Crippen LogP contribution in [0.4, 0.5) is 0 Å². The molecule has 1 amide bonds. The quantitative estimate of drug-likeness (QED) is 0.820. The predicted molar refractivity (Wildman–Crippen MR) is 104 cm³/mol. The molecule has 6 heteroatoms. The Morgan fingerprint density at radius 1 is 1.37 bits per heavy atom. The number of carbonyl (C=O) groups excluding carboxylic acids is 1. The Balaban J connectivity index is 1.90. The molecular formula is C21H22N4O2. The third-order valence-electron chi connectivity index (χ3n) is 4.62. The number of carbonyl (C=O) groups is 1. The first kappa shape index (κ1) is 18.5. The summed E-state index contributed by atoms with van der Waals surface area (Å²) in [5, 5.41) is 11.1. The summed E-state index contributed by atoms with van der Waals surface area (Å²) >= 11 is 0. The molecule has 6 nitrogen and oxygen atoms in total. The van der Waals surface area contributed by atoms with Gasteiger partial charge in [-0.3, -0.25) is 20.1 Å². The number of guanidine groups is 1. The van der Waals surface area contributed by atoms with Crippen LogP contribution < -0.4 is 10.1 Å². The molecule has 0 bridgehead atoms. The molecule has 1 aliphatic rings. The third kappa shape index (κ3) is 3.93. The van der Waals surface area contributed by atoms with Crippen molar-refractivity contribution in [2.45, 2.75) is 25.8 Å². The van der Waals surface area contributed by atoms with Crippen molar-refractivity contribution < 1.29 is 9.53 Å². The molecule has 2 N–H and O–H groups in total. The number of rotatable bonds is 4. The van der Waals surface area contributed by atoms with Crippen molar-refractivity contribution in [2.24, 2.45) is 0 Å². The van der Waals surface area contributed by atoms with E-state index in [0.717, 1.165) is 22.6 Å². The molecule has 3 rings (SSSR count). The number of pyridine rings is 1. The number of aromatic nitrogens is 1. The van der Waals surface area contributed by atoms with Crippen molar-refractivity contribution in [1.29, 1.82) is 5.41 Å². The van der Waals surface area contributed by atoms with Crippen LogP contribution in [0.25, 0.3) is 11.3 Å². The highest BCUT2D eigenvalue weighted by Gasteiger charge is 2.38. The van der Waals surface area contributed by atoms with Crippen LogP contribution in [0.15, 0.2) is 42.6 Å². The van der Waals surface area contributed by atoms with Gasteiger partial charge in [0.15, 0.2) is 5.96 Å². The van der Waals surface area contributed by atoms with Gasteiger partial charge in [0.05, 0.1) is 17.7 Å². The average molecular weight is 362 g/mol. The van der Waals surface area contributed by atoms with Gasteiger partial charge in [-0.2, -0.15) is 0 Å². The maximum Gasteiger partial charge on any atom is 0.231 e. The van der Waals surface area contributed by atoms with Gasteiger partial charge < -0.3 is 10.1 Å². The number of benzene rings is 1. The summed E-state index contributed by atoms with van der Waals surface area (Å²) in [5.41, 5.74) is 1.95. The summed E-state index contributed by atoms with van der Waals surface area (Å²) < 4.78 is 5.62. The van der Waals surface area contributed by atoms with Crippen LogP contribution in [0.2, 0.25) is 0 Å². The standard InChI is InChI=1S/C21H22N4O2/c1-4-5-11-27-17-8-6-7-15(12-17)18-13-16(9-10-23-18)21(2)14-19(26)25(3)20(22)24-21/h6-10,12-13H,11,14H2,1-3H3,(H2,22,24)/t21-/m0/s1. The minimum absolute atomic E-state index is 0.0907. The first-order valence-corrected chi connectivity index (χ1v) is 8.65. The van der Waals surface area contributed by atoms with Crippen molar-refractivity contribution in [3.63, 3.8) is 0 Å². The van der Waals surface area contributed by atoms with E-state index < -0.39 is 5.54 Å². The molecule has 1 saturated heterocycles. The zero-order chi connectivity index (χ0) is 19.4. The van der Waals surface area contributed by atoms with Crippen LogP contribution in [-0.2, 0) is 10.3 Å². The fourth-order valence-corrected chi connectivity index (χ4v) is 2.98. The smallest absolute Gasteiger partial charge is 0.231 e. The molecule has 138 valence electrons. The van der Waals surface area contributed by atoms with Gasteiger partial charge in [-0.25, -0.2) is 0 Å². The highest BCUT2D eigenvalue weighted by molar-refractivity contribution is 5.98. The van der Waals surface area contributed by atoms with E-state index in [9.17, 15) is 4.79 Å². The molecule has 0 radical (unpaired) electrons. The lowest BCUT2D eigenvalue weighted by Gasteiger charge is -2.39. The molecule has 1 fully saturated rings. The Morgan fingerprint density at radius 2 is 2.19 bits per heavy atom. The second kappa shape index (κ2) is 7.50. The second-order valence-electron chi connectivity index (χ2n) is 6.61. The van der Waals surface area contributed by atoms with Gasteiger partial charge in [0.25, 0.3) is 0 Å². The summed E-state index contributed by atoms with van der Waals surface area (Å²) in [6.45, 7) is 4.04. The fraction of sp³-hybridized carbons (Fsp3) is 0.286. The van der Waals surface area contributed by atoms with Gasteiger partial charge >= 0.3 is 0 Å². The van der Waals surface area contributed by atoms with Crippen LogP contribution in [0.1, 0.15) is 25.8 Å². The number of hydrogen-bond donors (Lipinski definition) is 2. The van der Waals surface area contributed by atoms with Crippen molar-refractivity contribution >= 4 is 11.9 Å². The van der Waals surface area contributed by atoms with Crippen molar-refractivity contribution in [3.05, 3.63) is 48.2 Å². The predicted octanol–water partition coefficient (Wildman–Crippen LogP) is 2.75. The molecule has 0 unspecified atom stereocenters. The van der Waals surface area contributed by atoms with Crippen LogP contribution in [0, 0.1) is 17.3 Å². The van der Waals surface area contributed by atoms with Gasteiger partial charge in [0, 0.05) is 18.8 Å². The number of amides is 1. The van der Waals surface area contributed by atoms with Gasteiger partial charge in [0.1, 0.15) is 12.4 Å². The minimum atomic E-state index is -0.650. The van der Waals surface area contributed by atoms with Crippen LogP contribution in [0.5, 0.6) is 5.75 Å². The van der Waals surface area contributed by atoms with Gasteiger partial charge in [0.2, 0.25) is 5.91 Å². The lowest BCUT2D eigenvalue weighted by molar-refractivity contribution is -0.129. The molecular weight excluding hydrogens is 340 g/mol. The van der Waals surface area contributed by atoms with Crippen molar-refractivity contribution in [1.82, 2.24) is 15.2 Å². The molecule has 0 aliphatic carbocycles. The molecule has 1 aromatic carbocycles. The Hall–Kier alpha value is -3.33. The molecule has 1 atom stereocenters.